The van der Waals surface area contributed by atoms with E-state index in [-0.39, 0.29) is 17.3 Å². The van der Waals surface area contributed by atoms with Crippen molar-refractivity contribution < 1.29 is 17.6 Å². The van der Waals surface area contributed by atoms with Gasteiger partial charge in [-0.1, -0.05) is 35.6 Å². The lowest BCUT2D eigenvalue weighted by Crippen LogP contribution is -2.31. The second kappa shape index (κ2) is 9.17. The lowest BCUT2D eigenvalue weighted by atomic mass is 10.2. The third-order valence-corrected chi connectivity index (χ3v) is 9.31. The largest absolute Gasteiger partial charge is 0.467 e. The number of fused-ring (bicyclic) bond motifs is 2. The molecular weight excluding hydrogens is 506 g/mol. The van der Waals surface area contributed by atoms with Crippen LogP contribution in [0.2, 0.25) is 0 Å². The minimum absolute atomic E-state index is 0.147. The number of thiazole rings is 1. The summed E-state index contributed by atoms with van der Waals surface area (Å²) in [7, 11) is -3.75. The van der Waals surface area contributed by atoms with E-state index in [4.69, 9.17) is 9.40 Å². The zero-order valence-electron chi connectivity index (χ0n) is 20.0. The van der Waals surface area contributed by atoms with Crippen LogP contribution >= 0.6 is 11.3 Å². The monoisotopic (exact) mass is 529 g/mol. The van der Waals surface area contributed by atoms with Gasteiger partial charge in [0.05, 0.1) is 33.6 Å². The van der Waals surface area contributed by atoms with Crippen molar-refractivity contribution >= 4 is 48.3 Å². The topological polar surface area (TPSA) is 83.7 Å². The van der Waals surface area contributed by atoms with Gasteiger partial charge >= 0.3 is 0 Å². The minimum Gasteiger partial charge on any atom is -0.467 e. The predicted molar refractivity (Wildman–Crippen MR) is 145 cm³/mol. The Morgan fingerprint density at radius 1 is 1.05 bits per heavy atom. The van der Waals surface area contributed by atoms with E-state index in [9.17, 15) is 13.2 Å². The average molecular weight is 530 g/mol. The predicted octanol–water partition coefficient (Wildman–Crippen LogP) is 5.80. The van der Waals surface area contributed by atoms with E-state index in [1.54, 1.807) is 35.4 Å². The van der Waals surface area contributed by atoms with Gasteiger partial charge in [-0.15, -0.1) is 0 Å². The summed E-state index contributed by atoms with van der Waals surface area (Å²) in [6.45, 7) is 2.62. The fraction of sp³-hybridized carbons (Fsp3) is 0.143. The molecule has 0 aliphatic carbocycles. The van der Waals surface area contributed by atoms with Gasteiger partial charge in [0.15, 0.2) is 5.13 Å². The van der Waals surface area contributed by atoms with Crippen LogP contribution in [0.25, 0.3) is 10.2 Å². The van der Waals surface area contributed by atoms with Crippen LogP contribution in [-0.4, -0.2) is 25.9 Å². The number of para-hydroxylation sites is 1. The molecular formula is C28H23N3O4S2. The van der Waals surface area contributed by atoms with Crippen LogP contribution in [0.5, 0.6) is 0 Å². The molecule has 1 aliphatic heterocycles. The maximum absolute atomic E-state index is 13.7. The lowest BCUT2D eigenvalue weighted by Gasteiger charge is -2.21. The van der Waals surface area contributed by atoms with E-state index in [2.05, 4.69) is 0 Å². The number of sulfonamides is 1. The highest BCUT2D eigenvalue weighted by Gasteiger charge is 2.31. The van der Waals surface area contributed by atoms with Crippen LogP contribution in [0.4, 0.5) is 10.8 Å². The van der Waals surface area contributed by atoms with Crippen molar-refractivity contribution in [1.29, 1.82) is 0 Å². The number of carbonyl (C=O) groups excluding carboxylic acids is 1. The highest BCUT2D eigenvalue weighted by molar-refractivity contribution is 7.92. The van der Waals surface area contributed by atoms with E-state index >= 15 is 0 Å². The Morgan fingerprint density at radius 2 is 1.86 bits per heavy atom. The number of hydrogen-bond acceptors (Lipinski definition) is 6. The summed E-state index contributed by atoms with van der Waals surface area (Å²) in [5.41, 5.74) is 4.01. The van der Waals surface area contributed by atoms with Gasteiger partial charge in [-0.3, -0.25) is 14.0 Å². The quantitative estimate of drug-likeness (QED) is 0.278. The molecule has 37 heavy (non-hydrogen) atoms. The van der Waals surface area contributed by atoms with Gasteiger partial charge in [-0.05, 0) is 79.1 Å². The molecule has 0 atom stereocenters. The molecule has 3 aromatic carbocycles. The zero-order chi connectivity index (χ0) is 25.6. The van der Waals surface area contributed by atoms with E-state index in [0.717, 1.165) is 21.3 Å². The summed E-state index contributed by atoms with van der Waals surface area (Å²) in [5, 5.41) is 0.548. The van der Waals surface area contributed by atoms with E-state index in [1.165, 1.54) is 27.8 Å². The zero-order valence-corrected chi connectivity index (χ0v) is 21.6. The normalized spacial score (nSPS) is 13.2. The van der Waals surface area contributed by atoms with Gasteiger partial charge in [0, 0.05) is 12.1 Å². The summed E-state index contributed by atoms with van der Waals surface area (Å²) in [6, 6.07) is 23.2. The Morgan fingerprint density at radius 3 is 2.65 bits per heavy atom. The minimum atomic E-state index is -3.75. The van der Waals surface area contributed by atoms with Crippen LogP contribution in [0, 0.1) is 6.92 Å². The fourth-order valence-electron chi connectivity index (χ4n) is 4.53. The van der Waals surface area contributed by atoms with Gasteiger partial charge in [0.2, 0.25) is 0 Å². The molecule has 5 aromatic rings. The van der Waals surface area contributed by atoms with Crippen molar-refractivity contribution in [3.8, 4) is 0 Å². The number of anilines is 2. The molecule has 0 unspecified atom stereocenters. The summed E-state index contributed by atoms with van der Waals surface area (Å²) >= 11 is 1.43. The Labute approximate surface area is 218 Å². The highest BCUT2D eigenvalue weighted by Crippen LogP contribution is 2.34. The Hall–Kier alpha value is -3.95. The molecule has 1 amide bonds. The molecule has 7 nitrogen and oxygen atoms in total. The van der Waals surface area contributed by atoms with Crippen molar-refractivity contribution in [2.75, 3.05) is 15.7 Å². The number of rotatable bonds is 6. The molecule has 2 aromatic heterocycles. The fourth-order valence-corrected chi connectivity index (χ4v) is 7.09. The Kier molecular flexibility index (Phi) is 5.81. The Bertz CT molecular complexity index is 1710. The van der Waals surface area contributed by atoms with Crippen LogP contribution in [0.3, 0.4) is 0 Å². The third kappa shape index (κ3) is 4.30. The van der Waals surface area contributed by atoms with E-state index < -0.39 is 10.0 Å². The van der Waals surface area contributed by atoms with Crippen molar-refractivity contribution in [2.45, 2.75) is 24.8 Å². The first-order valence-electron chi connectivity index (χ1n) is 11.8. The van der Waals surface area contributed by atoms with Crippen molar-refractivity contribution in [3.05, 3.63) is 108 Å². The molecule has 186 valence electrons. The number of furan rings is 1. The molecule has 9 heteroatoms. The summed E-state index contributed by atoms with van der Waals surface area (Å²) < 4.78 is 34.7. The second-order valence-corrected chi connectivity index (χ2v) is 11.8. The molecule has 3 heterocycles. The smallest absolute Gasteiger partial charge is 0.264 e. The highest BCUT2D eigenvalue weighted by atomic mass is 32.2. The van der Waals surface area contributed by atoms with Crippen molar-refractivity contribution in [2.24, 2.45) is 0 Å². The van der Waals surface area contributed by atoms with Crippen LogP contribution in [0.1, 0.15) is 27.2 Å². The summed E-state index contributed by atoms with van der Waals surface area (Å²) in [6.07, 6.45) is 2.24. The average Bonchev–Trinajstić information content (AvgIpc) is 3.66. The van der Waals surface area contributed by atoms with Gasteiger partial charge in [-0.25, -0.2) is 13.4 Å². The number of aryl methyl sites for hydroxylation is 1. The molecule has 0 bridgehead atoms. The maximum Gasteiger partial charge on any atom is 0.264 e. The Balaban J connectivity index is 1.32. The van der Waals surface area contributed by atoms with Gasteiger partial charge < -0.3 is 4.42 Å². The van der Waals surface area contributed by atoms with Crippen LogP contribution in [-0.2, 0) is 23.0 Å². The first-order chi connectivity index (χ1) is 17.9. The molecule has 0 spiro atoms. The third-order valence-electron chi connectivity index (χ3n) is 6.44. The van der Waals surface area contributed by atoms with Crippen LogP contribution < -0.4 is 9.21 Å². The number of amides is 1. The first kappa shape index (κ1) is 23.4. The molecule has 0 saturated carbocycles. The molecule has 6 rings (SSSR count). The molecule has 0 N–H and O–H groups in total. The van der Waals surface area contributed by atoms with E-state index in [1.807, 2.05) is 49.4 Å². The van der Waals surface area contributed by atoms with Gasteiger partial charge in [0.1, 0.15) is 5.76 Å². The van der Waals surface area contributed by atoms with Crippen molar-refractivity contribution in [1.82, 2.24) is 4.98 Å². The number of nitrogens with zero attached hydrogens (tertiary/aromatic N) is 3. The van der Waals surface area contributed by atoms with Crippen molar-refractivity contribution in [3.63, 3.8) is 0 Å². The molecule has 0 fully saturated rings. The first-order valence-corrected chi connectivity index (χ1v) is 14.1. The second-order valence-electron chi connectivity index (χ2n) is 8.92. The number of carbonyl (C=O) groups is 1. The number of aromatic nitrogens is 1. The standard InChI is InChI=1S/C28H23N3O4S2/c1-19-8-13-24-26(17-19)36-28(29-24)30(18-22-6-4-16-35-22)27(32)21-9-11-23(12-10-21)37(33,34)31-15-14-20-5-2-3-7-25(20)31/h2-13,16-17H,14-15,18H2,1H3. The van der Waals surface area contributed by atoms with E-state index in [0.29, 0.717) is 35.1 Å². The van der Waals surface area contributed by atoms with Gasteiger partial charge in [-0.2, -0.15) is 0 Å². The summed E-state index contributed by atoms with van der Waals surface area (Å²) in [4.78, 5) is 20.1. The molecule has 1 aliphatic rings. The molecule has 0 radical (unpaired) electrons. The maximum atomic E-state index is 13.7. The number of benzene rings is 3. The van der Waals surface area contributed by atoms with Gasteiger partial charge in [0.25, 0.3) is 15.9 Å². The molecule has 0 saturated heterocycles. The lowest BCUT2D eigenvalue weighted by molar-refractivity contribution is 0.0983. The number of hydrogen-bond donors (Lipinski definition) is 0. The summed E-state index contributed by atoms with van der Waals surface area (Å²) in [5.74, 6) is 0.332. The SMILES string of the molecule is Cc1ccc2nc(N(Cc3ccco3)C(=O)c3ccc(S(=O)(=O)N4CCc5ccccc54)cc3)sc2c1. The van der Waals surface area contributed by atoms with Crippen LogP contribution in [0.15, 0.2) is 94.4 Å².